The Morgan fingerprint density at radius 1 is 1.09 bits per heavy atom. The first-order valence-corrected chi connectivity index (χ1v) is 9.49. The van der Waals surface area contributed by atoms with Gasteiger partial charge in [-0.1, -0.05) is 26.2 Å². The van der Waals surface area contributed by atoms with Gasteiger partial charge in [-0.15, -0.1) is 0 Å². The minimum Gasteiger partial charge on any atom is -0.459 e. The van der Waals surface area contributed by atoms with Crippen molar-refractivity contribution < 1.29 is 14.3 Å². The maximum Gasteiger partial charge on any atom is 0.306 e. The second-order valence-corrected chi connectivity index (χ2v) is 8.23. The van der Waals surface area contributed by atoms with Gasteiger partial charge in [-0.2, -0.15) is 0 Å². The van der Waals surface area contributed by atoms with Crippen LogP contribution < -0.4 is 0 Å². The number of rotatable bonds is 3. The summed E-state index contributed by atoms with van der Waals surface area (Å²) in [4.78, 5) is 26.6. The van der Waals surface area contributed by atoms with Crippen molar-refractivity contribution in [3.8, 4) is 0 Å². The van der Waals surface area contributed by atoms with Gasteiger partial charge in [-0.25, -0.2) is 0 Å². The van der Waals surface area contributed by atoms with Crippen LogP contribution in [0.2, 0.25) is 0 Å². The summed E-state index contributed by atoms with van der Waals surface area (Å²) in [5.74, 6) is 1.55. The molecule has 0 aromatic rings. The minimum absolute atomic E-state index is 0.0948. The predicted molar refractivity (Wildman–Crippen MR) is 88.8 cm³/mol. The molecule has 1 aliphatic heterocycles. The summed E-state index contributed by atoms with van der Waals surface area (Å²) < 4.78 is 5.73. The maximum absolute atomic E-state index is 12.8. The molecule has 1 saturated heterocycles. The van der Waals surface area contributed by atoms with Gasteiger partial charge in [-0.3, -0.25) is 9.59 Å². The molecule has 0 spiro atoms. The van der Waals surface area contributed by atoms with Gasteiger partial charge in [0.05, 0.1) is 0 Å². The van der Waals surface area contributed by atoms with Crippen LogP contribution in [0.1, 0.15) is 71.6 Å². The summed E-state index contributed by atoms with van der Waals surface area (Å²) in [6, 6.07) is 0. The number of amides is 1. The van der Waals surface area contributed by atoms with E-state index in [1.54, 1.807) is 0 Å². The Kier molecular flexibility index (Phi) is 4.98. The van der Waals surface area contributed by atoms with E-state index in [0.29, 0.717) is 24.2 Å². The molecule has 0 N–H and O–H groups in total. The lowest BCUT2D eigenvalue weighted by atomic mass is 9.70. The van der Waals surface area contributed by atoms with Crippen LogP contribution in [-0.4, -0.2) is 35.5 Å². The molecule has 0 aromatic heterocycles. The van der Waals surface area contributed by atoms with Crippen LogP contribution in [0, 0.1) is 17.8 Å². The third-order valence-electron chi connectivity index (χ3n) is 5.98. The Morgan fingerprint density at radius 2 is 1.70 bits per heavy atom. The molecule has 130 valence electrons. The van der Waals surface area contributed by atoms with Crippen molar-refractivity contribution in [1.82, 2.24) is 4.90 Å². The number of ether oxygens (including phenoxy) is 1. The molecule has 2 aliphatic carbocycles. The number of hydrogen-bond acceptors (Lipinski definition) is 3. The fourth-order valence-electron chi connectivity index (χ4n) is 5.14. The van der Waals surface area contributed by atoms with E-state index >= 15 is 0 Å². The molecule has 1 heterocycles. The van der Waals surface area contributed by atoms with Gasteiger partial charge in [0.25, 0.3) is 0 Å². The molecule has 2 saturated carbocycles. The zero-order valence-electron chi connectivity index (χ0n) is 14.7. The molecule has 2 atom stereocenters. The van der Waals surface area contributed by atoms with E-state index < -0.39 is 0 Å². The number of piperidine rings is 1. The van der Waals surface area contributed by atoms with Gasteiger partial charge in [-0.05, 0) is 50.9 Å². The molecule has 2 bridgehead atoms. The van der Waals surface area contributed by atoms with E-state index in [1.807, 2.05) is 6.92 Å². The number of fused-ring (bicyclic) bond motifs is 2. The highest BCUT2D eigenvalue weighted by Gasteiger charge is 2.45. The van der Waals surface area contributed by atoms with Crippen molar-refractivity contribution in [2.45, 2.75) is 77.2 Å². The normalized spacial score (nSPS) is 35.0. The fraction of sp³-hybridized carbons (Fsp3) is 0.895. The molecular weight excluding hydrogens is 290 g/mol. The van der Waals surface area contributed by atoms with Crippen molar-refractivity contribution in [2.75, 3.05) is 13.1 Å². The molecule has 4 nitrogen and oxygen atoms in total. The van der Waals surface area contributed by atoms with Gasteiger partial charge in [0.2, 0.25) is 5.91 Å². The van der Waals surface area contributed by atoms with Crippen LogP contribution in [0.15, 0.2) is 0 Å². The van der Waals surface area contributed by atoms with Crippen LogP contribution in [-0.2, 0) is 14.3 Å². The molecule has 4 heteroatoms. The molecule has 3 aliphatic rings. The third kappa shape index (κ3) is 3.89. The highest BCUT2D eigenvalue weighted by atomic mass is 16.6. The SMILES string of the molecule is CCC(=O)OC1(C)CC2CC(CN(C(=O)C3CCCCC3)C2)C1. The Balaban J connectivity index is 1.60. The van der Waals surface area contributed by atoms with Crippen molar-refractivity contribution in [1.29, 1.82) is 0 Å². The van der Waals surface area contributed by atoms with Gasteiger partial charge in [0, 0.05) is 25.4 Å². The molecule has 23 heavy (non-hydrogen) atoms. The number of carbonyl (C=O) groups is 2. The monoisotopic (exact) mass is 321 g/mol. The second-order valence-electron chi connectivity index (χ2n) is 8.23. The lowest BCUT2D eigenvalue weighted by Crippen LogP contribution is -2.53. The van der Waals surface area contributed by atoms with Gasteiger partial charge in [0.1, 0.15) is 5.60 Å². The second kappa shape index (κ2) is 6.82. The van der Waals surface area contributed by atoms with E-state index in [4.69, 9.17) is 4.74 Å². The molecule has 1 amide bonds. The van der Waals surface area contributed by atoms with Crippen LogP contribution in [0.25, 0.3) is 0 Å². The number of carbonyl (C=O) groups excluding carboxylic acids is 2. The van der Waals surface area contributed by atoms with Crippen LogP contribution >= 0.6 is 0 Å². The van der Waals surface area contributed by atoms with Crippen LogP contribution in [0.3, 0.4) is 0 Å². The lowest BCUT2D eigenvalue weighted by Gasteiger charge is -2.48. The highest BCUT2D eigenvalue weighted by molar-refractivity contribution is 5.79. The number of hydrogen-bond donors (Lipinski definition) is 0. The third-order valence-corrected chi connectivity index (χ3v) is 5.98. The lowest BCUT2D eigenvalue weighted by molar-refractivity contribution is -0.169. The van der Waals surface area contributed by atoms with Gasteiger partial charge in [0.15, 0.2) is 0 Å². The minimum atomic E-state index is -0.319. The average molecular weight is 321 g/mol. The van der Waals surface area contributed by atoms with E-state index in [-0.39, 0.29) is 17.5 Å². The maximum atomic E-state index is 12.8. The number of esters is 1. The Bertz CT molecular complexity index is 442. The Hall–Kier alpha value is -1.06. The summed E-state index contributed by atoms with van der Waals surface area (Å²) in [7, 11) is 0. The molecular formula is C19H31NO3. The van der Waals surface area contributed by atoms with Crippen molar-refractivity contribution >= 4 is 11.9 Å². The first-order valence-electron chi connectivity index (χ1n) is 9.49. The van der Waals surface area contributed by atoms with E-state index in [0.717, 1.165) is 38.8 Å². The first-order chi connectivity index (χ1) is 11.0. The Labute approximate surface area is 139 Å². The largest absolute Gasteiger partial charge is 0.459 e. The number of likely N-dealkylation sites (tertiary alicyclic amines) is 1. The quantitative estimate of drug-likeness (QED) is 0.747. The highest BCUT2D eigenvalue weighted by Crippen LogP contribution is 2.43. The zero-order valence-corrected chi connectivity index (χ0v) is 14.7. The fourth-order valence-corrected chi connectivity index (χ4v) is 5.14. The smallest absolute Gasteiger partial charge is 0.306 e. The van der Waals surface area contributed by atoms with Gasteiger partial charge >= 0.3 is 5.97 Å². The summed E-state index contributed by atoms with van der Waals surface area (Å²) in [6.07, 6.45) is 9.31. The first kappa shape index (κ1) is 16.8. The molecule has 2 unspecified atom stereocenters. The molecule has 0 radical (unpaired) electrons. The topological polar surface area (TPSA) is 46.6 Å². The van der Waals surface area contributed by atoms with E-state index in [9.17, 15) is 9.59 Å². The van der Waals surface area contributed by atoms with Crippen molar-refractivity contribution in [3.63, 3.8) is 0 Å². The van der Waals surface area contributed by atoms with E-state index in [1.165, 1.54) is 25.7 Å². The Morgan fingerprint density at radius 3 is 2.26 bits per heavy atom. The standard InChI is InChI=1S/C19H31NO3/c1-3-17(21)23-19(2)10-14-9-15(11-19)13-20(12-14)18(22)16-7-5-4-6-8-16/h14-16H,3-13H2,1-2H3. The zero-order chi connectivity index (χ0) is 16.4. The summed E-state index contributed by atoms with van der Waals surface area (Å²) >= 11 is 0. The van der Waals surface area contributed by atoms with Crippen molar-refractivity contribution in [2.24, 2.45) is 17.8 Å². The van der Waals surface area contributed by atoms with Crippen LogP contribution in [0.4, 0.5) is 0 Å². The average Bonchev–Trinajstić information content (AvgIpc) is 2.53. The number of nitrogens with zero attached hydrogens (tertiary/aromatic N) is 1. The predicted octanol–water partition coefficient (Wildman–Crippen LogP) is 3.54. The summed E-state index contributed by atoms with van der Waals surface area (Å²) in [6.45, 7) is 5.66. The van der Waals surface area contributed by atoms with Crippen molar-refractivity contribution in [3.05, 3.63) is 0 Å². The molecule has 3 rings (SSSR count). The summed E-state index contributed by atoms with van der Waals surface area (Å²) in [5.41, 5.74) is -0.319. The summed E-state index contributed by atoms with van der Waals surface area (Å²) in [5, 5.41) is 0. The van der Waals surface area contributed by atoms with E-state index in [2.05, 4.69) is 11.8 Å². The van der Waals surface area contributed by atoms with Crippen LogP contribution in [0.5, 0.6) is 0 Å². The molecule has 3 fully saturated rings. The van der Waals surface area contributed by atoms with Gasteiger partial charge < -0.3 is 9.64 Å². The molecule has 0 aromatic carbocycles.